The zero-order valence-electron chi connectivity index (χ0n) is 14.4. The Bertz CT molecular complexity index is 674. The first-order valence-corrected chi connectivity index (χ1v) is 9.01. The molecule has 0 radical (unpaired) electrons. The van der Waals surface area contributed by atoms with Gasteiger partial charge in [0, 0.05) is 44.0 Å². The van der Waals surface area contributed by atoms with E-state index < -0.39 is 0 Å². The molecule has 2 heterocycles. The number of halogens is 1. The van der Waals surface area contributed by atoms with Crippen molar-refractivity contribution in [2.45, 2.75) is 38.3 Å². The van der Waals surface area contributed by atoms with E-state index in [4.69, 9.17) is 11.6 Å². The molecule has 1 saturated heterocycles. The molecule has 0 aliphatic carbocycles. The molecule has 3 rings (SSSR count). The van der Waals surface area contributed by atoms with Crippen LogP contribution in [0.3, 0.4) is 0 Å². The number of nitrogens with zero attached hydrogens (tertiary/aromatic N) is 3. The summed E-state index contributed by atoms with van der Waals surface area (Å²) in [5, 5.41) is 9.16. The van der Waals surface area contributed by atoms with Crippen molar-refractivity contribution in [2.75, 3.05) is 20.1 Å². The lowest BCUT2D eigenvalue weighted by molar-refractivity contribution is -0.130. The van der Waals surface area contributed by atoms with Crippen LogP contribution in [0.15, 0.2) is 29.4 Å². The van der Waals surface area contributed by atoms with Gasteiger partial charge in [0.05, 0.1) is 0 Å². The van der Waals surface area contributed by atoms with E-state index in [9.17, 15) is 9.59 Å². The summed E-state index contributed by atoms with van der Waals surface area (Å²) < 4.78 is 0. The van der Waals surface area contributed by atoms with Gasteiger partial charge in [-0.05, 0) is 37.1 Å². The van der Waals surface area contributed by atoms with Crippen LogP contribution in [0.1, 0.15) is 31.2 Å². The van der Waals surface area contributed by atoms with E-state index in [-0.39, 0.29) is 17.9 Å². The fraction of sp³-hybridized carbons (Fsp3) is 0.500. The number of benzene rings is 1. The van der Waals surface area contributed by atoms with Crippen molar-refractivity contribution >= 4 is 29.1 Å². The maximum absolute atomic E-state index is 12.4. The Morgan fingerprint density at radius 3 is 2.80 bits per heavy atom. The van der Waals surface area contributed by atoms with Crippen LogP contribution in [0.5, 0.6) is 0 Å². The van der Waals surface area contributed by atoms with Crippen LogP contribution >= 0.6 is 11.6 Å². The molecular formula is C18H23ClN4O2. The number of hydrazone groups is 1. The molecule has 1 aromatic rings. The maximum atomic E-state index is 12.4. The number of piperidine rings is 1. The maximum Gasteiger partial charge on any atom is 0.267 e. The Morgan fingerprint density at radius 2 is 2.08 bits per heavy atom. The Labute approximate surface area is 152 Å². The largest absolute Gasteiger partial charge is 0.347 e. The second-order valence-corrected chi connectivity index (χ2v) is 7.07. The predicted octanol–water partition coefficient (Wildman–Crippen LogP) is 2.03. The summed E-state index contributed by atoms with van der Waals surface area (Å²) in [6, 6.07) is 7.99. The molecule has 0 saturated carbocycles. The van der Waals surface area contributed by atoms with Crippen molar-refractivity contribution in [2.24, 2.45) is 5.10 Å². The summed E-state index contributed by atoms with van der Waals surface area (Å²) >= 11 is 5.93. The van der Waals surface area contributed by atoms with Gasteiger partial charge in [-0.25, -0.2) is 5.01 Å². The molecule has 0 aromatic heterocycles. The van der Waals surface area contributed by atoms with Gasteiger partial charge >= 0.3 is 0 Å². The topological polar surface area (TPSA) is 65.0 Å². The first-order chi connectivity index (χ1) is 12.0. The monoisotopic (exact) mass is 362 g/mol. The summed E-state index contributed by atoms with van der Waals surface area (Å²) in [6.45, 7) is 2.69. The highest BCUT2D eigenvalue weighted by Crippen LogP contribution is 2.16. The van der Waals surface area contributed by atoms with Gasteiger partial charge in [-0.2, -0.15) is 5.10 Å². The van der Waals surface area contributed by atoms with Crippen molar-refractivity contribution in [3.05, 3.63) is 34.9 Å². The molecular weight excluding hydrogens is 340 g/mol. The molecule has 0 spiro atoms. The Hall–Kier alpha value is -1.92. The SMILES string of the molecule is CN1N=C(C(=O)NC2CCCN(Cc3ccc(Cl)cc3)C2)CCC1=O. The summed E-state index contributed by atoms with van der Waals surface area (Å²) in [7, 11) is 1.59. The van der Waals surface area contributed by atoms with Crippen molar-refractivity contribution < 1.29 is 9.59 Å². The average molecular weight is 363 g/mol. The van der Waals surface area contributed by atoms with Crippen LogP contribution in [-0.4, -0.2) is 53.6 Å². The van der Waals surface area contributed by atoms with Gasteiger partial charge in [0.15, 0.2) is 0 Å². The molecule has 2 aliphatic heterocycles. The van der Waals surface area contributed by atoms with Crippen LogP contribution in [0.2, 0.25) is 5.02 Å². The van der Waals surface area contributed by atoms with Crippen LogP contribution in [-0.2, 0) is 16.1 Å². The molecule has 134 valence electrons. The molecule has 2 amide bonds. The molecule has 1 aromatic carbocycles. The highest BCUT2D eigenvalue weighted by Gasteiger charge is 2.26. The molecule has 1 atom stereocenters. The van der Waals surface area contributed by atoms with Crippen LogP contribution in [0.25, 0.3) is 0 Å². The number of hydrogen-bond donors (Lipinski definition) is 1. The third-order valence-electron chi connectivity index (χ3n) is 4.63. The van der Waals surface area contributed by atoms with E-state index in [0.29, 0.717) is 18.6 Å². The molecule has 2 aliphatic rings. The minimum atomic E-state index is -0.155. The molecule has 25 heavy (non-hydrogen) atoms. The fourth-order valence-electron chi connectivity index (χ4n) is 3.27. The summed E-state index contributed by atoms with van der Waals surface area (Å²) in [5.74, 6) is -0.207. The predicted molar refractivity (Wildman–Crippen MR) is 97.3 cm³/mol. The lowest BCUT2D eigenvalue weighted by atomic mass is 10.0. The van der Waals surface area contributed by atoms with Gasteiger partial charge in [-0.3, -0.25) is 14.5 Å². The molecule has 7 heteroatoms. The third kappa shape index (κ3) is 4.80. The van der Waals surface area contributed by atoms with E-state index in [0.717, 1.165) is 37.5 Å². The van der Waals surface area contributed by atoms with Gasteiger partial charge in [0.1, 0.15) is 5.71 Å². The van der Waals surface area contributed by atoms with Crippen molar-refractivity contribution in [1.29, 1.82) is 0 Å². The van der Waals surface area contributed by atoms with Crippen molar-refractivity contribution in [1.82, 2.24) is 15.2 Å². The first kappa shape index (κ1) is 17.9. The number of likely N-dealkylation sites (tertiary alicyclic amines) is 1. The summed E-state index contributed by atoms with van der Waals surface area (Å²) in [5.41, 5.74) is 1.66. The molecule has 6 nitrogen and oxygen atoms in total. The molecule has 1 N–H and O–H groups in total. The Kier molecular flexibility index (Phi) is 5.71. The Morgan fingerprint density at radius 1 is 1.32 bits per heavy atom. The van der Waals surface area contributed by atoms with E-state index >= 15 is 0 Å². The zero-order chi connectivity index (χ0) is 17.8. The van der Waals surface area contributed by atoms with Crippen LogP contribution < -0.4 is 5.32 Å². The number of rotatable bonds is 4. The lowest BCUT2D eigenvalue weighted by Crippen LogP contribution is -2.49. The van der Waals surface area contributed by atoms with Gasteiger partial charge in [-0.15, -0.1) is 0 Å². The average Bonchev–Trinajstić information content (AvgIpc) is 2.59. The Balaban J connectivity index is 1.54. The molecule has 1 fully saturated rings. The number of amides is 2. The van der Waals surface area contributed by atoms with E-state index in [2.05, 4.69) is 15.3 Å². The standard InChI is InChI=1S/C18H23ClN4O2/c1-22-17(24)9-8-16(21-22)18(25)20-15-3-2-10-23(12-15)11-13-4-6-14(19)7-5-13/h4-7,15H,2-3,8-12H2,1H3,(H,20,25). The fourth-order valence-corrected chi connectivity index (χ4v) is 3.39. The van der Waals surface area contributed by atoms with E-state index in [1.165, 1.54) is 10.6 Å². The van der Waals surface area contributed by atoms with Crippen LogP contribution in [0, 0.1) is 0 Å². The van der Waals surface area contributed by atoms with Crippen molar-refractivity contribution in [3.63, 3.8) is 0 Å². The van der Waals surface area contributed by atoms with E-state index in [1.54, 1.807) is 7.05 Å². The first-order valence-electron chi connectivity index (χ1n) is 8.63. The number of nitrogens with one attached hydrogen (secondary N) is 1. The second kappa shape index (κ2) is 7.97. The molecule has 0 bridgehead atoms. The lowest BCUT2D eigenvalue weighted by Gasteiger charge is -2.33. The smallest absolute Gasteiger partial charge is 0.267 e. The normalized spacial score (nSPS) is 21.8. The highest BCUT2D eigenvalue weighted by atomic mass is 35.5. The number of hydrogen-bond acceptors (Lipinski definition) is 4. The quantitative estimate of drug-likeness (QED) is 0.891. The van der Waals surface area contributed by atoms with Gasteiger partial charge in [-0.1, -0.05) is 23.7 Å². The number of carbonyl (C=O) groups is 2. The number of carbonyl (C=O) groups excluding carboxylic acids is 2. The minimum Gasteiger partial charge on any atom is -0.347 e. The second-order valence-electron chi connectivity index (χ2n) is 6.64. The van der Waals surface area contributed by atoms with Gasteiger partial charge in [0.25, 0.3) is 5.91 Å². The van der Waals surface area contributed by atoms with Crippen LogP contribution in [0.4, 0.5) is 0 Å². The van der Waals surface area contributed by atoms with Gasteiger partial charge in [0.2, 0.25) is 5.91 Å². The zero-order valence-corrected chi connectivity index (χ0v) is 15.1. The highest BCUT2D eigenvalue weighted by molar-refractivity contribution is 6.39. The summed E-state index contributed by atoms with van der Waals surface area (Å²) in [6.07, 6.45) is 2.76. The molecule has 1 unspecified atom stereocenters. The van der Waals surface area contributed by atoms with E-state index in [1.807, 2.05) is 24.3 Å². The summed E-state index contributed by atoms with van der Waals surface area (Å²) in [4.78, 5) is 26.2. The van der Waals surface area contributed by atoms with Gasteiger partial charge < -0.3 is 5.32 Å². The van der Waals surface area contributed by atoms with Crippen molar-refractivity contribution in [3.8, 4) is 0 Å². The minimum absolute atomic E-state index is 0.0524. The third-order valence-corrected chi connectivity index (χ3v) is 4.88.